The minimum Gasteiger partial charge on any atom is -0.359 e. The van der Waals surface area contributed by atoms with Crippen molar-refractivity contribution in [2.75, 3.05) is 20.6 Å². The van der Waals surface area contributed by atoms with Crippen molar-refractivity contribution < 1.29 is 4.79 Å². The molecule has 0 aromatic carbocycles. The van der Waals surface area contributed by atoms with Gasteiger partial charge < -0.3 is 10.2 Å². The van der Waals surface area contributed by atoms with Gasteiger partial charge in [-0.15, -0.1) is 0 Å². The third-order valence-corrected chi connectivity index (χ3v) is 3.72. The van der Waals surface area contributed by atoms with Gasteiger partial charge in [0.15, 0.2) is 0 Å². The maximum Gasteiger partial charge on any atom is 0.223 e. The molecule has 0 saturated heterocycles. The summed E-state index contributed by atoms with van der Waals surface area (Å²) in [4.78, 5) is 13.7. The fourth-order valence-corrected chi connectivity index (χ4v) is 2.69. The lowest BCUT2D eigenvalue weighted by Crippen LogP contribution is -2.44. The molecule has 1 rings (SSSR count). The highest BCUT2D eigenvalue weighted by Crippen LogP contribution is 2.27. The van der Waals surface area contributed by atoms with Crippen LogP contribution in [-0.4, -0.2) is 37.5 Å². The summed E-state index contributed by atoms with van der Waals surface area (Å²) in [6, 6.07) is 2.73. The third kappa shape index (κ3) is 3.71. The second kappa shape index (κ2) is 6.61. The Morgan fingerprint density at radius 1 is 1.53 bits per heavy atom. The zero-order valence-electron chi connectivity index (χ0n) is 11.1. The van der Waals surface area contributed by atoms with E-state index < -0.39 is 0 Å². The number of hydrogen-bond donors (Lipinski definition) is 1. The van der Waals surface area contributed by atoms with Crippen LogP contribution in [0.4, 0.5) is 0 Å². The van der Waals surface area contributed by atoms with E-state index in [0.717, 1.165) is 25.8 Å². The van der Waals surface area contributed by atoms with Gasteiger partial charge in [-0.1, -0.05) is 19.8 Å². The highest BCUT2D eigenvalue weighted by atomic mass is 16.1. The van der Waals surface area contributed by atoms with Gasteiger partial charge >= 0.3 is 0 Å². The molecule has 1 N–H and O–H groups in total. The van der Waals surface area contributed by atoms with Crippen molar-refractivity contribution in [3.8, 4) is 6.07 Å². The Balaban J connectivity index is 2.53. The molecule has 0 bridgehead atoms. The lowest BCUT2D eigenvalue weighted by Gasteiger charge is -2.35. The average Bonchev–Trinajstić information content (AvgIpc) is 2.37. The van der Waals surface area contributed by atoms with Gasteiger partial charge in [-0.05, 0) is 19.9 Å². The van der Waals surface area contributed by atoms with Crippen LogP contribution < -0.4 is 5.32 Å². The van der Waals surface area contributed by atoms with Crippen molar-refractivity contribution in [2.24, 2.45) is 11.8 Å². The van der Waals surface area contributed by atoms with Gasteiger partial charge in [-0.2, -0.15) is 5.26 Å². The number of carbonyl (C=O) groups excluding carboxylic acids is 1. The first-order valence-corrected chi connectivity index (χ1v) is 6.41. The van der Waals surface area contributed by atoms with Crippen molar-refractivity contribution >= 4 is 5.91 Å². The summed E-state index contributed by atoms with van der Waals surface area (Å²) < 4.78 is 0. The molecular formula is C13H23N3O. The zero-order chi connectivity index (χ0) is 12.8. The molecule has 4 nitrogen and oxygen atoms in total. The first-order valence-electron chi connectivity index (χ1n) is 6.41. The first kappa shape index (κ1) is 14.0. The van der Waals surface area contributed by atoms with E-state index in [1.165, 1.54) is 6.42 Å². The first-order chi connectivity index (χ1) is 8.10. The Hall–Kier alpha value is -1.08. The van der Waals surface area contributed by atoms with Crippen LogP contribution in [0, 0.1) is 23.2 Å². The van der Waals surface area contributed by atoms with Gasteiger partial charge in [0.25, 0.3) is 0 Å². The van der Waals surface area contributed by atoms with Crippen LogP contribution in [0.3, 0.4) is 0 Å². The van der Waals surface area contributed by atoms with Crippen LogP contribution in [0.2, 0.25) is 0 Å². The molecule has 1 fully saturated rings. The fourth-order valence-electron chi connectivity index (χ4n) is 2.69. The maximum atomic E-state index is 11.5. The van der Waals surface area contributed by atoms with E-state index >= 15 is 0 Å². The van der Waals surface area contributed by atoms with Crippen LogP contribution in [0.1, 0.15) is 32.6 Å². The topological polar surface area (TPSA) is 56.1 Å². The number of nitriles is 1. The summed E-state index contributed by atoms with van der Waals surface area (Å²) >= 11 is 0. The molecule has 1 aliphatic rings. The van der Waals surface area contributed by atoms with Crippen LogP contribution >= 0.6 is 0 Å². The molecular weight excluding hydrogens is 214 g/mol. The van der Waals surface area contributed by atoms with Gasteiger partial charge in [-0.3, -0.25) is 4.79 Å². The average molecular weight is 237 g/mol. The molecule has 0 spiro atoms. The van der Waals surface area contributed by atoms with E-state index in [1.807, 2.05) is 14.0 Å². The Morgan fingerprint density at radius 2 is 2.18 bits per heavy atom. The molecule has 3 atom stereocenters. The summed E-state index contributed by atoms with van der Waals surface area (Å²) in [6.07, 6.45) is 4.43. The van der Waals surface area contributed by atoms with Crippen LogP contribution in [-0.2, 0) is 4.79 Å². The predicted molar refractivity (Wildman–Crippen MR) is 67.2 cm³/mol. The quantitative estimate of drug-likeness (QED) is 0.803. The Kier molecular flexibility index (Phi) is 5.43. The van der Waals surface area contributed by atoms with Crippen molar-refractivity contribution in [1.82, 2.24) is 10.2 Å². The van der Waals surface area contributed by atoms with E-state index in [9.17, 15) is 4.79 Å². The Labute approximate surface area is 104 Å². The van der Waals surface area contributed by atoms with Crippen LogP contribution in [0.5, 0.6) is 0 Å². The van der Waals surface area contributed by atoms with Gasteiger partial charge in [0, 0.05) is 25.6 Å². The lowest BCUT2D eigenvalue weighted by atomic mass is 9.84. The Bertz CT molecular complexity index is 298. The van der Waals surface area contributed by atoms with Crippen LogP contribution in [0.15, 0.2) is 0 Å². The van der Waals surface area contributed by atoms with Crippen molar-refractivity contribution in [2.45, 2.75) is 38.6 Å². The smallest absolute Gasteiger partial charge is 0.223 e. The SMILES string of the molecule is CNC(=O)C(C)CN(C)C1CCCCC1C#N. The highest BCUT2D eigenvalue weighted by molar-refractivity contribution is 5.78. The Morgan fingerprint density at radius 3 is 2.76 bits per heavy atom. The zero-order valence-corrected chi connectivity index (χ0v) is 11.1. The van der Waals surface area contributed by atoms with Crippen molar-refractivity contribution in [3.63, 3.8) is 0 Å². The van der Waals surface area contributed by atoms with Gasteiger partial charge in [-0.25, -0.2) is 0 Å². The van der Waals surface area contributed by atoms with E-state index in [0.29, 0.717) is 6.04 Å². The van der Waals surface area contributed by atoms with Gasteiger partial charge in [0.1, 0.15) is 0 Å². The number of hydrogen-bond acceptors (Lipinski definition) is 3. The number of rotatable bonds is 4. The number of nitrogens with one attached hydrogen (secondary N) is 1. The molecule has 0 heterocycles. The number of carbonyl (C=O) groups is 1. The molecule has 4 heteroatoms. The predicted octanol–water partition coefficient (Wildman–Crippen LogP) is 1.38. The molecule has 96 valence electrons. The summed E-state index contributed by atoms with van der Waals surface area (Å²) in [7, 11) is 3.69. The molecule has 0 aromatic heterocycles. The number of nitrogens with zero attached hydrogens (tertiary/aromatic N) is 2. The van der Waals surface area contributed by atoms with Gasteiger partial charge in [0.2, 0.25) is 5.91 Å². The van der Waals surface area contributed by atoms with Crippen molar-refractivity contribution in [3.05, 3.63) is 0 Å². The normalized spacial score (nSPS) is 26.3. The summed E-state index contributed by atoms with van der Waals surface area (Å²) in [6.45, 7) is 2.65. The third-order valence-electron chi connectivity index (χ3n) is 3.72. The molecule has 1 saturated carbocycles. The molecule has 17 heavy (non-hydrogen) atoms. The maximum absolute atomic E-state index is 11.5. The summed E-state index contributed by atoms with van der Waals surface area (Å²) in [5.74, 6) is 0.179. The van der Waals surface area contributed by atoms with Crippen LogP contribution in [0.25, 0.3) is 0 Å². The molecule has 1 aliphatic carbocycles. The molecule has 1 amide bonds. The van der Waals surface area contributed by atoms with E-state index in [2.05, 4.69) is 16.3 Å². The van der Waals surface area contributed by atoms with Gasteiger partial charge in [0.05, 0.1) is 12.0 Å². The second-order valence-corrected chi connectivity index (χ2v) is 5.04. The molecule has 0 radical (unpaired) electrons. The molecule has 3 unspecified atom stereocenters. The molecule has 0 aromatic rings. The lowest BCUT2D eigenvalue weighted by molar-refractivity contribution is -0.124. The largest absolute Gasteiger partial charge is 0.359 e. The standard InChI is InChI=1S/C13H23N3O/c1-10(13(17)15-2)9-16(3)12-7-5-4-6-11(12)8-14/h10-12H,4-7,9H2,1-3H3,(H,15,17). The van der Waals surface area contributed by atoms with E-state index in [4.69, 9.17) is 5.26 Å². The molecule has 0 aliphatic heterocycles. The minimum atomic E-state index is -0.0220. The number of amides is 1. The van der Waals surface area contributed by atoms with Crippen molar-refractivity contribution in [1.29, 1.82) is 5.26 Å². The highest BCUT2D eigenvalue weighted by Gasteiger charge is 2.29. The minimum absolute atomic E-state index is 0.0220. The van der Waals surface area contributed by atoms with E-state index in [1.54, 1.807) is 7.05 Å². The monoisotopic (exact) mass is 237 g/mol. The summed E-state index contributed by atoms with van der Waals surface area (Å²) in [5, 5.41) is 11.8. The fraction of sp³-hybridized carbons (Fsp3) is 0.846. The summed E-state index contributed by atoms with van der Waals surface area (Å²) in [5.41, 5.74) is 0. The van der Waals surface area contributed by atoms with E-state index in [-0.39, 0.29) is 17.7 Å². The second-order valence-electron chi connectivity index (χ2n) is 5.04.